The summed E-state index contributed by atoms with van der Waals surface area (Å²) in [5.41, 5.74) is 7.28. The highest BCUT2D eigenvalue weighted by molar-refractivity contribution is 5.94. The van der Waals surface area contributed by atoms with Crippen LogP contribution in [0.15, 0.2) is 24.3 Å². The molecule has 0 aliphatic carbocycles. The molecule has 1 saturated heterocycles. The molecular weight excluding hydrogens is 290 g/mol. The van der Waals surface area contributed by atoms with Crippen LogP contribution < -0.4 is 5.73 Å². The van der Waals surface area contributed by atoms with Gasteiger partial charge < -0.3 is 15.5 Å². The number of hydrogen-bond acceptors (Lipinski definition) is 3. The van der Waals surface area contributed by atoms with Crippen molar-refractivity contribution in [2.24, 2.45) is 5.73 Å². The summed E-state index contributed by atoms with van der Waals surface area (Å²) in [5, 5.41) is 0. The van der Waals surface area contributed by atoms with Crippen molar-refractivity contribution in [1.82, 2.24) is 9.80 Å². The van der Waals surface area contributed by atoms with Crippen LogP contribution in [0.4, 0.5) is 0 Å². The van der Waals surface area contributed by atoms with E-state index in [-0.39, 0.29) is 30.8 Å². The van der Waals surface area contributed by atoms with Crippen LogP contribution in [-0.4, -0.2) is 54.3 Å². The quantitative estimate of drug-likeness (QED) is 0.902. The Hall–Kier alpha value is -1.59. The number of piperazine rings is 1. The smallest absolute Gasteiger partial charge is 0.253 e. The van der Waals surface area contributed by atoms with Gasteiger partial charge in [-0.3, -0.25) is 9.59 Å². The molecule has 1 aromatic carbocycles. The van der Waals surface area contributed by atoms with Crippen molar-refractivity contribution < 1.29 is 9.59 Å². The molecule has 1 aromatic rings. The van der Waals surface area contributed by atoms with Crippen LogP contribution >= 0.6 is 12.4 Å². The molecule has 0 saturated carbocycles. The number of aryl methyl sites for hydroxylation is 1. The number of nitrogens with two attached hydrogens (primary N) is 1. The third kappa shape index (κ3) is 4.19. The summed E-state index contributed by atoms with van der Waals surface area (Å²) in [4.78, 5) is 27.3. The summed E-state index contributed by atoms with van der Waals surface area (Å²) in [6.45, 7) is 4.39. The van der Waals surface area contributed by atoms with E-state index in [0.717, 1.165) is 6.42 Å². The second-order valence-corrected chi connectivity index (χ2v) is 4.93. The van der Waals surface area contributed by atoms with Crippen molar-refractivity contribution in [1.29, 1.82) is 0 Å². The van der Waals surface area contributed by atoms with Crippen LogP contribution in [0.3, 0.4) is 0 Å². The molecular formula is C15H22ClN3O2. The van der Waals surface area contributed by atoms with Gasteiger partial charge in [0.05, 0.1) is 6.54 Å². The number of benzene rings is 1. The maximum absolute atomic E-state index is 12.3. The lowest BCUT2D eigenvalue weighted by Crippen LogP contribution is -2.51. The average molecular weight is 312 g/mol. The van der Waals surface area contributed by atoms with Gasteiger partial charge in [-0.1, -0.05) is 19.1 Å². The van der Waals surface area contributed by atoms with E-state index in [1.807, 2.05) is 24.3 Å². The van der Waals surface area contributed by atoms with Gasteiger partial charge >= 0.3 is 0 Å². The molecule has 21 heavy (non-hydrogen) atoms. The first-order valence-corrected chi connectivity index (χ1v) is 7.01. The minimum Gasteiger partial charge on any atom is -0.338 e. The Kier molecular flexibility index (Phi) is 6.65. The maximum atomic E-state index is 12.3. The summed E-state index contributed by atoms with van der Waals surface area (Å²) in [7, 11) is 0. The topological polar surface area (TPSA) is 66.6 Å². The van der Waals surface area contributed by atoms with Gasteiger partial charge in [-0.15, -0.1) is 12.4 Å². The van der Waals surface area contributed by atoms with Crippen LogP contribution in [-0.2, 0) is 11.2 Å². The van der Waals surface area contributed by atoms with Gasteiger partial charge in [0.25, 0.3) is 5.91 Å². The SMILES string of the molecule is CCc1ccc(C(=O)N2CCN(C(=O)CN)CC2)cc1.Cl. The van der Waals surface area contributed by atoms with Crippen molar-refractivity contribution >= 4 is 24.2 Å². The van der Waals surface area contributed by atoms with Gasteiger partial charge in [-0.25, -0.2) is 0 Å². The van der Waals surface area contributed by atoms with E-state index in [0.29, 0.717) is 31.7 Å². The largest absolute Gasteiger partial charge is 0.338 e. The molecule has 0 aromatic heterocycles. The Morgan fingerprint density at radius 1 is 1.05 bits per heavy atom. The Bertz CT molecular complexity index is 482. The zero-order valence-electron chi connectivity index (χ0n) is 12.2. The van der Waals surface area contributed by atoms with Gasteiger partial charge in [0.2, 0.25) is 5.91 Å². The standard InChI is InChI=1S/C15H21N3O2.ClH/c1-2-12-3-5-13(6-4-12)15(20)18-9-7-17(8-10-18)14(19)11-16;/h3-6H,2,7-11,16H2,1H3;1H. The highest BCUT2D eigenvalue weighted by atomic mass is 35.5. The predicted molar refractivity (Wildman–Crippen MR) is 84.6 cm³/mol. The summed E-state index contributed by atoms with van der Waals surface area (Å²) in [6.07, 6.45) is 0.967. The molecule has 1 heterocycles. The molecule has 6 heteroatoms. The number of nitrogens with zero attached hydrogens (tertiary/aromatic N) is 2. The lowest BCUT2D eigenvalue weighted by atomic mass is 10.1. The molecule has 1 fully saturated rings. The van der Waals surface area contributed by atoms with E-state index >= 15 is 0 Å². The van der Waals surface area contributed by atoms with Gasteiger partial charge in [-0.2, -0.15) is 0 Å². The fourth-order valence-electron chi connectivity index (χ4n) is 2.35. The highest BCUT2D eigenvalue weighted by Crippen LogP contribution is 2.11. The number of amides is 2. The lowest BCUT2D eigenvalue weighted by Gasteiger charge is -2.34. The van der Waals surface area contributed by atoms with E-state index in [2.05, 4.69) is 6.92 Å². The number of carbonyl (C=O) groups is 2. The molecule has 2 N–H and O–H groups in total. The molecule has 0 bridgehead atoms. The van der Waals surface area contributed by atoms with Crippen LogP contribution in [0.25, 0.3) is 0 Å². The minimum atomic E-state index is -0.0515. The van der Waals surface area contributed by atoms with Crippen LogP contribution in [0, 0.1) is 0 Å². The first-order chi connectivity index (χ1) is 9.65. The zero-order valence-corrected chi connectivity index (χ0v) is 13.1. The molecule has 5 nitrogen and oxygen atoms in total. The van der Waals surface area contributed by atoms with E-state index in [4.69, 9.17) is 5.73 Å². The van der Waals surface area contributed by atoms with E-state index in [1.165, 1.54) is 5.56 Å². The molecule has 1 aliphatic heterocycles. The van der Waals surface area contributed by atoms with Crippen LogP contribution in [0.5, 0.6) is 0 Å². The van der Waals surface area contributed by atoms with E-state index in [1.54, 1.807) is 9.80 Å². The van der Waals surface area contributed by atoms with Gasteiger partial charge in [0.1, 0.15) is 0 Å². The van der Waals surface area contributed by atoms with Gasteiger partial charge in [-0.05, 0) is 24.1 Å². The molecule has 2 amide bonds. The van der Waals surface area contributed by atoms with Crippen LogP contribution in [0.1, 0.15) is 22.8 Å². The number of halogens is 1. The maximum Gasteiger partial charge on any atom is 0.253 e. The molecule has 116 valence electrons. The number of carbonyl (C=O) groups excluding carboxylic acids is 2. The van der Waals surface area contributed by atoms with Crippen molar-refractivity contribution in [2.45, 2.75) is 13.3 Å². The first kappa shape index (κ1) is 17.5. The molecule has 0 atom stereocenters. The summed E-state index contributed by atoms with van der Waals surface area (Å²) in [5.74, 6) is -0.0168. The Labute approximate surface area is 131 Å². The molecule has 1 aliphatic rings. The summed E-state index contributed by atoms with van der Waals surface area (Å²) < 4.78 is 0. The molecule has 0 spiro atoms. The van der Waals surface area contributed by atoms with E-state index < -0.39 is 0 Å². The van der Waals surface area contributed by atoms with Gasteiger partial charge in [0.15, 0.2) is 0 Å². The van der Waals surface area contributed by atoms with Crippen molar-refractivity contribution in [2.75, 3.05) is 32.7 Å². The molecule has 2 rings (SSSR count). The van der Waals surface area contributed by atoms with Crippen LogP contribution in [0.2, 0.25) is 0 Å². The highest BCUT2D eigenvalue weighted by Gasteiger charge is 2.23. The third-order valence-corrected chi connectivity index (χ3v) is 3.70. The normalized spacial score (nSPS) is 14.6. The number of hydrogen-bond donors (Lipinski definition) is 1. The molecule has 0 unspecified atom stereocenters. The van der Waals surface area contributed by atoms with Crippen molar-refractivity contribution in [3.05, 3.63) is 35.4 Å². The zero-order chi connectivity index (χ0) is 14.5. The second-order valence-electron chi connectivity index (χ2n) is 4.93. The fourth-order valence-corrected chi connectivity index (χ4v) is 2.35. The van der Waals surface area contributed by atoms with Crippen molar-refractivity contribution in [3.63, 3.8) is 0 Å². The first-order valence-electron chi connectivity index (χ1n) is 7.01. The average Bonchev–Trinajstić information content (AvgIpc) is 2.53. The van der Waals surface area contributed by atoms with Gasteiger partial charge in [0, 0.05) is 31.7 Å². The Morgan fingerprint density at radius 2 is 1.57 bits per heavy atom. The predicted octanol–water partition coefficient (Wildman–Crippen LogP) is 0.914. The third-order valence-electron chi connectivity index (χ3n) is 3.70. The lowest BCUT2D eigenvalue weighted by molar-refractivity contribution is -0.131. The molecule has 0 radical (unpaired) electrons. The number of rotatable bonds is 3. The monoisotopic (exact) mass is 311 g/mol. The summed E-state index contributed by atoms with van der Waals surface area (Å²) >= 11 is 0. The Morgan fingerprint density at radius 3 is 2.05 bits per heavy atom. The summed E-state index contributed by atoms with van der Waals surface area (Å²) in [6, 6.07) is 7.72. The Balaban J connectivity index is 0.00000220. The van der Waals surface area contributed by atoms with E-state index in [9.17, 15) is 9.59 Å². The minimum absolute atomic E-state index is 0. The second kappa shape index (κ2) is 8.00. The van der Waals surface area contributed by atoms with Crippen molar-refractivity contribution in [3.8, 4) is 0 Å². The fraction of sp³-hybridized carbons (Fsp3) is 0.467.